The van der Waals surface area contributed by atoms with E-state index in [2.05, 4.69) is 5.32 Å². The molecule has 1 saturated heterocycles. The summed E-state index contributed by atoms with van der Waals surface area (Å²) in [5.74, 6) is -1.00. The molecule has 0 saturated carbocycles. The van der Waals surface area contributed by atoms with Crippen LogP contribution in [-0.4, -0.2) is 33.5 Å². The van der Waals surface area contributed by atoms with E-state index in [4.69, 9.17) is 12.2 Å². The minimum atomic E-state index is -0.383. The van der Waals surface area contributed by atoms with Crippen molar-refractivity contribution in [2.45, 2.75) is 13.5 Å². The van der Waals surface area contributed by atoms with Crippen LogP contribution in [0, 0.1) is 6.92 Å². The Kier molecular flexibility index (Phi) is 6.23. The van der Waals surface area contributed by atoms with Crippen LogP contribution in [0.3, 0.4) is 0 Å². The number of para-hydroxylation sites is 2. The number of nitrogens with zero attached hydrogens (tertiary/aromatic N) is 2. The van der Waals surface area contributed by atoms with Crippen molar-refractivity contribution in [1.29, 1.82) is 0 Å². The van der Waals surface area contributed by atoms with Gasteiger partial charge in [0.15, 0.2) is 0 Å². The highest BCUT2D eigenvalue weighted by Gasteiger charge is 2.42. The SMILES string of the molecule is Cc1ccccc1NC(=O)CN1C(=O)/C(=C2/SC(=S)N(Cc3ccccc3)C2=O)c2ccccc21. The molecule has 8 heteroatoms. The summed E-state index contributed by atoms with van der Waals surface area (Å²) in [6.07, 6.45) is 0. The van der Waals surface area contributed by atoms with Gasteiger partial charge in [-0.25, -0.2) is 0 Å². The number of fused-ring (bicyclic) bond motifs is 1. The highest BCUT2D eigenvalue weighted by Crippen LogP contribution is 2.44. The van der Waals surface area contributed by atoms with Gasteiger partial charge in [0.25, 0.3) is 11.8 Å². The third-order valence-electron chi connectivity index (χ3n) is 5.90. The van der Waals surface area contributed by atoms with Crippen LogP contribution < -0.4 is 10.2 Å². The van der Waals surface area contributed by atoms with Crippen LogP contribution in [0.2, 0.25) is 0 Å². The molecule has 0 atom stereocenters. The molecule has 1 fully saturated rings. The van der Waals surface area contributed by atoms with Crippen LogP contribution in [0.15, 0.2) is 83.8 Å². The molecule has 3 aromatic carbocycles. The highest BCUT2D eigenvalue weighted by molar-refractivity contribution is 8.26. The van der Waals surface area contributed by atoms with E-state index in [9.17, 15) is 14.4 Å². The number of hydrogen-bond donors (Lipinski definition) is 1. The normalized spacial score (nSPS) is 17.2. The van der Waals surface area contributed by atoms with E-state index in [1.165, 1.54) is 9.80 Å². The lowest BCUT2D eigenvalue weighted by atomic mass is 10.1. The van der Waals surface area contributed by atoms with Gasteiger partial charge in [-0.1, -0.05) is 90.7 Å². The largest absolute Gasteiger partial charge is 0.324 e. The second-order valence-electron chi connectivity index (χ2n) is 8.22. The lowest BCUT2D eigenvalue weighted by Gasteiger charge is -2.17. The fourth-order valence-electron chi connectivity index (χ4n) is 4.15. The van der Waals surface area contributed by atoms with E-state index in [0.29, 0.717) is 32.7 Å². The zero-order valence-corrected chi connectivity index (χ0v) is 20.5. The summed E-state index contributed by atoms with van der Waals surface area (Å²) in [6.45, 7) is 2.07. The quantitative estimate of drug-likeness (QED) is 0.405. The van der Waals surface area contributed by atoms with E-state index >= 15 is 0 Å². The van der Waals surface area contributed by atoms with Gasteiger partial charge < -0.3 is 5.32 Å². The average molecular weight is 500 g/mol. The molecule has 0 radical (unpaired) electrons. The summed E-state index contributed by atoms with van der Waals surface area (Å²) in [7, 11) is 0. The summed E-state index contributed by atoms with van der Waals surface area (Å²) >= 11 is 6.63. The number of rotatable bonds is 5. The molecule has 0 aromatic heterocycles. The van der Waals surface area contributed by atoms with Crippen molar-refractivity contribution >= 4 is 63.0 Å². The van der Waals surface area contributed by atoms with Crippen LogP contribution in [0.25, 0.3) is 5.57 Å². The first-order chi connectivity index (χ1) is 16.9. The van der Waals surface area contributed by atoms with Gasteiger partial charge in [-0.2, -0.15) is 0 Å². The van der Waals surface area contributed by atoms with Crippen LogP contribution in [-0.2, 0) is 20.9 Å². The van der Waals surface area contributed by atoms with Gasteiger partial charge in [0, 0.05) is 11.3 Å². The molecule has 0 aliphatic carbocycles. The Hall–Kier alpha value is -3.75. The summed E-state index contributed by atoms with van der Waals surface area (Å²) in [5, 5.41) is 2.87. The molecule has 35 heavy (non-hydrogen) atoms. The first-order valence-corrected chi connectivity index (χ1v) is 12.2. The molecule has 3 amide bonds. The van der Waals surface area contributed by atoms with E-state index < -0.39 is 0 Å². The molecule has 1 N–H and O–H groups in total. The van der Waals surface area contributed by atoms with Crippen LogP contribution in [0.1, 0.15) is 16.7 Å². The van der Waals surface area contributed by atoms with Crippen molar-refractivity contribution in [1.82, 2.24) is 4.90 Å². The maximum Gasteiger partial charge on any atom is 0.267 e. The summed E-state index contributed by atoms with van der Waals surface area (Å²) < 4.78 is 0.405. The number of hydrogen-bond acceptors (Lipinski definition) is 5. The number of carbonyl (C=O) groups excluding carboxylic acids is 3. The van der Waals surface area contributed by atoms with E-state index in [1.807, 2.05) is 73.7 Å². The predicted molar refractivity (Wildman–Crippen MR) is 143 cm³/mol. The predicted octanol–water partition coefficient (Wildman–Crippen LogP) is 4.75. The van der Waals surface area contributed by atoms with E-state index in [-0.39, 0.29) is 29.8 Å². The molecular weight excluding hydrogens is 478 g/mol. The Labute approximate surface area is 212 Å². The summed E-state index contributed by atoms with van der Waals surface area (Å²) in [6, 6.07) is 24.2. The van der Waals surface area contributed by atoms with Gasteiger partial charge >= 0.3 is 0 Å². The first kappa shape index (κ1) is 23.0. The smallest absolute Gasteiger partial charge is 0.267 e. The number of amides is 3. The molecule has 0 unspecified atom stereocenters. The Balaban J connectivity index is 1.44. The number of benzene rings is 3. The maximum atomic E-state index is 13.6. The van der Waals surface area contributed by atoms with Crippen LogP contribution >= 0.6 is 24.0 Å². The van der Waals surface area contributed by atoms with Crippen molar-refractivity contribution in [2.24, 2.45) is 0 Å². The monoisotopic (exact) mass is 499 g/mol. The van der Waals surface area contributed by atoms with Gasteiger partial charge in [0.05, 0.1) is 22.7 Å². The zero-order chi connectivity index (χ0) is 24.5. The number of thioether (sulfide) groups is 1. The molecule has 174 valence electrons. The minimum Gasteiger partial charge on any atom is -0.324 e. The molecular formula is C27H21N3O3S2. The van der Waals surface area contributed by atoms with Gasteiger partial charge in [-0.3, -0.25) is 24.2 Å². The van der Waals surface area contributed by atoms with E-state index in [0.717, 1.165) is 22.9 Å². The Morgan fingerprint density at radius 1 is 0.886 bits per heavy atom. The molecule has 0 spiro atoms. The second-order valence-corrected chi connectivity index (χ2v) is 9.86. The third-order valence-corrected chi connectivity index (χ3v) is 7.35. The molecule has 5 rings (SSSR count). The van der Waals surface area contributed by atoms with Crippen molar-refractivity contribution in [3.05, 3.63) is 100 Å². The van der Waals surface area contributed by atoms with Crippen molar-refractivity contribution in [3.63, 3.8) is 0 Å². The molecule has 3 aromatic rings. The maximum absolute atomic E-state index is 13.6. The minimum absolute atomic E-state index is 0.169. The standard InChI is InChI=1S/C27H21N3O3S2/c1-17-9-5-7-13-20(17)28-22(31)16-29-21-14-8-6-12-19(21)23(25(29)32)24-26(33)30(27(34)35-24)15-18-10-3-2-4-11-18/h2-14H,15-16H2,1H3,(H,28,31)/b24-23+. The fraction of sp³-hybridized carbons (Fsp3) is 0.111. The van der Waals surface area contributed by atoms with Crippen molar-refractivity contribution in [3.8, 4) is 0 Å². The van der Waals surface area contributed by atoms with Crippen LogP contribution in [0.4, 0.5) is 11.4 Å². The fourth-order valence-corrected chi connectivity index (χ4v) is 5.48. The lowest BCUT2D eigenvalue weighted by Crippen LogP contribution is -2.35. The van der Waals surface area contributed by atoms with Gasteiger partial charge in [-0.15, -0.1) is 0 Å². The molecule has 2 aliphatic rings. The van der Waals surface area contributed by atoms with Crippen LogP contribution in [0.5, 0.6) is 0 Å². The number of aryl methyl sites for hydroxylation is 1. The zero-order valence-electron chi connectivity index (χ0n) is 18.9. The Bertz CT molecular complexity index is 1400. The number of nitrogens with one attached hydrogen (secondary N) is 1. The molecule has 0 bridgehead atoms. The topological polar surface area (TPSA) is 69.7 Å². The second kappa shape index (κ2) is 9.48. The summed E-state index contributed by atoms with van der Waals surface area (Å²) in [5.41, 5.74) is 4.08. The molecule has 6 nitrogen and oxygen atoms in total. The summed E-state index contributed by atoms with van der Waals surface area (Å²) in [4.78, 5) is 43.0. The van der Waals surface area contributed by atoms with E-state index in [1.54, 1.807) is 12.1 Å². The molecule has 2 heterocycles. The average Bonchev–Trinajstić information content (AvgIpc) is 3.28. The van der Waals surface area contributed by atoms with Gasteiger partial charge in [-0.05, 0) is 30.2 Å². The lowest BCUT2D eigenvalue weighted by molar-refractivity contribution is -0.122. The number of carbonyl (C=O) groups is 3. The number of thiocarbonyl (C=S) groups is 1. The van der Waals surface area contributed by atoms with Crippen molar-refractivity contribution < 1.29 is 14.4 Å². The van der Waals surface area contributed by atoms with Gasteiger partial charge in [0.1, 0.15) is 10.9 Å². The highest BCUT2D eigenvalue weighted by atomic mass is 32.2. The Morgan fingerprint density at radius 2 is 1.57 bits per heavy atom. The Morgan fingerprint density at radius 3 is 2.34 bits per heavy atom. The third kappa shape index (κ3) is 4.38. The van der Waals surface area contributed by atoms with Crippen molar-refractivity contribution in [2.75, 3.05) is 16.8 Å². The molecule has 2 aliphatic heterocycles. The number of anilines is 2. The first-order valence-electron chi connectivity index (χ1n) is 11.0. The van der Waals surface area contributed by atoms with Gasteiger partial charge in [0.2, 0.25) is 5.91 Å².